The molecule has 132 valence electrons. The van der Waals surface area contributed by atoms with Crippen LogP contribution in [0.1, 0.15) is 29.8 Å². The highest BCUT2D eigenvalue weighted by atomic mass is 16.3. The van der Waals surface area contributed by atoms with Crippen molar-refractivity contribution < 1.29 is 14.0 Å². The number of nitrogens with one attached hydrogen (secondary N) is 1. The number of hydrogen-bond donors (Lipinski definition) is 1. The quantitative estimate of drug-likeness (QED) is 0.905. The summed E-state index contributed by atoms with van der Waals surface area (Å²) >= 11 is 0. The third-order valence-electron chi connectivity index (χ3n) is 5.18. The van der Waals surface area contributed by atoms with Crippen LogP contribution >= 0.6 is 0 Å². The molecule has 0 radical (unpaired) electrons. The van der Waals surface area contributed by atoms with Gasteiger partial charge in [-0.3, -0.25) is 14.5 Å². The first-order valence-corrected chi connectivity index (χ1v) is 9.02. The Bertz CT molecular complexity index is 744. The van der Waals surface area contributed by atoms with E-state index in [1.807, 2.05) is 35.2 Å². The molecule has 0 unspecified atom stereocenters. The Morgan fingerprint density at radius 2 is 1.92 bits per heavy atom. The Balaban J connectivity index is 1.41. The van der Waals surface area contributed by atoms with Crippen molar-refractivity contribution in [1.82, 2.24) is 15.1 Å². The predicted octanol–water partition coefficient (Wildman–Crippen LogP) is 1.86. The molecule has 2 saturated heterocycles. The van der Waals surface area contributed by atoms with Gasteiger partial charge in [0.15, 0.2) is 5.76 Å². The van der Waals surface area contributed by atoms with Crippen LogP contribution in [0.2, 0.25) is 0 Å². The second-order valence-corrected chi connectivity index (χ2v) is 6.78. The normalized spacial score (nSPS) is 22.6. The highest BCUT2D eigenvalue weighted by Gasteiger charge is 2.31. The van der Waals surface area contributed by atoms with Gasteiger partial charge in [0.25, 0.3) is 5.91 Å². The fourth-order valence-electron chi connectivity index (χ4n) is 3.75. The van der Waals surface area contributed by atoms with Crippen molar-refractivity contribution in [3.8, 4) is 0 Å². The van der Waals surface area contributed by atoms with E-state index in [-0.39, 0.29) is 17.9 Å². The SMILES string of the molecule is O=C1NCCCC[C@H]1N1CCN(C(=O)c2cc3ccccc3o2)CC1. The number of furan rings is 1. The van der Waals surface area contributed by atoms with Crippen LogP contribution < -0.4 is 5.32 Å². The van der Waals surface area contributed by atoms with E-state index in [9.17, 15) is 9.59 Å². The molecule has 1 atom stereocenters. The molecule has 0 bridgehead atoms. The van der Waals surface area contributed by atoms with Crippen LogP contribution in [0.15, 0.2) is 34.7 Å². The number of rotatable bonds is 2. The summed E-state index contributed by atoms with van der Waals surface area (Å²) in [5.74, 6) is 0.456. The molecule has 25 heavy (non-hydrogen) atoms. The van der Waals surface area contributed by atoms with Crippen molar-refractivity contribution in [3.05, 3.63) is 36.1 Å². The van der Waals surface area contributed by atoms with Gasteiger partial charge in [0.1, 0.15) is 5.58 Å². The van der Waals surface area contributed by atoms with E-state index < -0.39 is 0 Å². The molecule has 0 spiro atoms. The van der Waals surface area contributed by atoms with Gasteiger partial charge in [-0.2, -0.15) is 0 Å². The summed E-state index contributed by atoms with van der Waals surface area (Å²) < 4.78 is 5.69. The standard InChI is InChI=1S/C19H23N3O3/c23-18-15(6-3-4-8-20-18)21-9-11-22(12-10-21)19(24)17-13-14-5-1-2-7-16(14)25-17/h1-2,5,7,13,15H,3-4,6,8-12H2,(H,20,23)/t15-/m1/s1. The van der Waals surface area contributed by atoms with Crippen molar-refractivity contribution in [2.45, 2.75) is 25.3 Å². The smallest absolute Gasteiger partial charge is 0.289 e. The number of nitrogens with zero attached hydrogens (tertiary/aromatic N) is 2. The molecule has 2 amide bonds. The second kappa shape index (κ2) is 6.88. The summed E-state index contributed by atoms with van der Waals surface area (Å²) in [5.41, 5.74) is 0.736. The molecule has 0 aliphatic carbocycles. The van der Waals surface area contributed by atoms with Gasteiger partial charge in [-0.1, -0.05) is 18.2 Å². The average molecular weight is 341 g/mol. The average Bonchev–Trinajstić information content (AvgIpc) is 2.97. The molecule has 2 fully saturated rings. The van der Waals surface area contributed by atoms with Crippen LogP contribution in [0.25, 0.3) is 11.0 Å². The van der Waals surface area contributed by atoms with Gasteiger partial charge in [-0.05, 0) is 31.4 Å². The van der Waals surface area contributed by atoms with E-state index >= 15 is 0 Å². The number of fused-ring (bicyclic) bond motifs is 1. The first-order valence-electron chi connectivity index (χ1n) is 9.02. The molecule has 3 heterocycles. The van der Waals surface area contributed by atoms with E-state index in [4.69, 9.17) is 4.42 Å². The molecule has 2 aliphatic heterocycles. The first-order chi connectivity index (χ1) is 12.2. The first kappa shape index (κ1) is 16.1. The summed E-state index contributed by atoms with van der Waals surface area (Å²) in [6.07, 6.45) is 3.03. The van der Waals surface area contributed by atoms with Crippen LogP contribution in [0.4, 0.5) is 0 Å². The van der Waals surface area contributed by atoms with Gasteiger partial charge < -0.3 is 14.6 Å². The van der Waals surface area contributed by atoms with Crippen LogP contribution in [0.3, 0.4) is 0 Å². The van der Waals surface area contributed by atoms with Crippen molar-refractivity contribution in [1.29, 1.82) is 0 Å². The molecular weight excluding hydrogens is 318 g/mol. The molecule has 4 rings (SSSR count). The topological polar surface area (TPSA) is 65.8 Å². The molecule has 1 N–H and O–H groups in total. The summed E-state index contributed by atoms with van der Waals surface area (Å²) in [5, 5.41) is 3.93. The third kappa shape index (κ3) is 3.26. The number of carbonyl (C=O) groups excluding carboxylic acids is 2. The lowest BCUT2D eigenvalue weighted by atomic mass is 10.1. The second-order valence-electron chi connectivity index (χ2n) is 6.78. The van der Waals surface area contributed by atoms with E-state index in [1.54, 1.807) is 0 Å². The minimum absolute atomic E-state index is 0.0500. The van der Waals surface area contributed by atoms with Crippen LogP contribution in [0.5, 0.6) is 0 Å². The zero-order valence-corrected chi connectivity index (χ0v) is 14.2. The maximum atomic E-state index is 12.7. The summed E-state index contributed by atoms with van der Waals surface area (Å²) in [6, 6.07) is 9.40. The van der Waals surface area contributed by atoms with Gasteiger partial charge in [0, 0.05) is 38.1 Å². The van der Waals surface area contributed by atoms with E-state index in [0.29, 0.717) is 18.8 Å². The van der Waals surface area contributed by atoms with Crippen molar-refractivity contribution in [2.75, 3.05) is 32.7 Å². The van der Waals surface area contributed by atoms with E-state index in [1.165, 1.54) is 0 Å². The Labute approximate surface area is 146 Å². The molecule has 6 nitrogen and oxygen atoms in total. The fraction of sp³-hybridized carbons (Fsp3) is 0.474. The minimum Gasteiger partial charge on any atom is -0.451 e. The number of amides is 2. The highest BCUT2D eigenvalue weighted by Crippen LogP contribution is 2.21. The molecule has 2 aliphatic rings. The Morgan fingerprint density at radius 3 is 2.72 bits per heavy atom. The van der Waals surface area contributed by atoms with Gasteiger partial charge in [-0.15, -0.1) is 0 Å². The maximum Gasteiger partial charge on any atom is 0.289 e. The van der Waals surface area contributed by atoms with Gasteiger partial charge >= 0.3 is 0 Å². The van der Waals surface area contributed by atoms with Crippen LogP contribution in [-0.2, 0) is 4.79 Å². The van der Waals surface area contributed by atoms with Gasteiger partial charge in [0.2, 0.25) is 5.91 Å². The van der Waals surface area contributed by atoms with E-state index in [2.05, 4.69) is 10.2 Å². The molecule has 1 aromatic carbocycles. The zero-order chi connectivity index (χ0) is 17.2. The largest absolute Gasteiger partial charge is 0.451 e. The lowest BCUT2D eigenvalue weighted by Gasteiger charge is -2.37. The minimum atomic E-state index is -0.0684. The predicted molar refractivity (Wildman–Crippen MR) is 94.3 cm³/mol. The maximum absolute atomic E-state index is 12.7. The number of para-hydroxylation sites is 1. The Morgan fingerprint density at radius 1 is 1.12 bits per heavy atom. The molecule has 1 aromatic heterocycles. The molecular formula is C19H23N3O3. The lowest BCUT2D eigenvalue weighted by Crippen LogP contribution is -2.55. The lowest BCUT2D eigenvalue weighted by molar-refractivity contribution is -0.126. The molecule has 6 heteroatoms. The Kier molecular flexibility index (Phi) is 4.44. The fourth-order valence-corrected chi connectivity index (χ4v) is 3.75. The zero-order valence-electron chi connectivity index (χ0n) is 14.2. The number of carbonyl (C=O) groups is 2. The third-order valence-corrected chi connectivity index (χ3v) is 5.18. The van der Waals surface area contributed by atoms with Crippen molar-refractivity contribution >= 4 is 22.8 Å². The molecule has 2 aromatic rings. The van der Waals surface area contributed by atoms with Gasteiger partial charge in [0.05, 0.1) is 6.04 Å². The van der Waals surface area contributed by atoms with E-state index in [0.717, 1.165) is 49.9 Å². The Hall–Kier alpha value is -2.34. The van der Waals surface area contributed by atoms with Crippen LogP contribution in [-0.4, -0.2) is 60.4 Å². The molecule has 0 saturated carbocycles. The summed E-state index contributed by atoms with van der Waals surface area (Å²) in [6.45, 7) is 3.48. The summed E-state index contributed by atoms with van der Waals surface area (Å²) in [7, 11) is 0. The number of benzene rings is 1. The van der Waals surface area contributed by atoms with Crippen molar-refractivity contribution in [2.24, 2.45) is 0 Å². The van der Waals surface area contributed by atoms with Crippen molar-refractivity contribution in [3.63, 3.8) is 0 Å². The monoisotopic (exact) mass is 341 g/mol. The highest BCUT2D eigenvalue weighted by molar-refractivity contribution is 5.96. The summed E-state index contributed by atoms with van der Waals surface area (Å²) in [4.78, 5) is 28.9. The van der Waals surface area contributed by atoms with Gasteiger partial charge in [-0.25, -0.2) is 0 Å². The number of hydrogen-bond acceptors (Lipinski definition) is 4. The van der Waals surface area contributed by atoms with Crippen LogP contribution in [0, 0.1) is 0 Å². The number of piperazine rings is 1.